The van der Waals surface area contributed by atoms with Gasteiger partial charge in [-0.2, -0.15) is 13.2 Å². The summed E-state index contributed by atoms with van der Waals surface area (Å²) in [5.41, 5.74) is 0. The molecule has 0 spiro atoms. The van der Waals surface area contributed by atoms with Gasteiger partial charge in [0.25, 0.3) is 0 Å². The molecule has 1 saturated heterocycles. The topological polar surface area (TPSA) is 18.5 Å². The Kier molecular flexibility index (Phi) is 6.32. The van der Waals surface area contributed by atoms with Gasteiger partial charge in [0, 0.05) is 38.3 Å². The first-order valence-electron chi connectivity index (χ1n) is 8.20. The van der Waals surface area contributed by atoms with Crippen molar-refractivity contribution >= 4 is 0 Å². The number of halogens is 3. The van der Waals surface area contributed by atoms with Gasteiger partial charge in [-0.1, -0.05) is 25.7 Å². The number of piperazine rings is 1. The van der Waals surface area contributed by atoms with Crippen molar-refractivity contribution in [1.29, 1.82) is 0 Å². The van der Waals surface area contributed by atoms with E-state index >= 15 is 0 Å². The number of hydrogen-bond donors (Lipinski definition) is 1. The van der Waals surface area contributed by atoms with Crippen LogP contribution in [-0.4, -0.2) is 67.8 Å². The minimum absolute atomic E-state index is 0.486. The molecular formula is C15H28F3N3. The maximum absolute atomic E-state index is 12.4. The average molecular weight is 307 g/mol. The van der Waals surface area contributed by atoms with Crippen LogP contribution in [0.15, 0.2) is 0 Å². The molecule has 0 aromatic carbocycles. The highest BCUT2D eigenvalue weighted by atomic mass is 19.4. The molecule has 0 aromatic heterocycles. The van der Waals surface area contributed by atoms with Crippen LogP contribution in [0.4, 0.5) is 13.2 Å². The van der Waals surface area contributed by atoms with Crippen LogP contribution in [0, 0.1) is 0 Å². The van der Waals surface area contributed by atoms with Crippen LogP contribution >= 0.6 is 0 Å². The second kappa shape index (κ2) is 7.79. The Hall–Kier alpha value is -0.330. The Bertz CT molecular complexity index is 301. The van der Waals surface area contributed by atoms with Crippen LogP contribution in [-0.2, 0) is 0 Å². The lowest BCUT2D eigenvalue weighted by Gasteiger charge is -2.43. The Balaban J connectivity index is 1.86. The SMILES string of the molecule is CNC1CCCCCCC1N1CCN(CC(F)(F)F)CC1. The summed E-state index contributed by atoms with van der Waals surface area (Å²) in [4.78, 5) is 3.95. The predicted octanol–water partition coefficient (Wildman–Crippen LogP) is 2.48. The molecule has 124 valence electrons. The van der Waals surface area contributed by atoms with Crippen molar-refractivity contribution < 1.29 is 13.2 Å². The Morgan fingerprint density at radius 2 is 1.57 bits per heavy atom. The van der Waals surface area contributed by atoms with Crippen molar-refractivity contribution in [3.63, 3.8) is 0 Å². The maximum atomic E-state index is 12.4. The number of likely N-dealkylation sites (N-methyl/N-ethyl adjacent to an activating group) is 1. The average Bonchev–Trinajstić information content (AvgIpc) is 2.38. The van der Waals surface area contributed by atoms with Gasteiger partial charge in [0.1, 0.15) is 0 Å². The fraction of sp³-hybridized carbons (Fsp3) is 1.00. The first kappa shape index (κ1) is 17.0. The highest BCUT2D eigenvalue weighted by molar-refractivity contribution is 4.88. The van der Waals surface area contributed by atoms with Gasteiger partial charge < -0.3 is 5.32 Å². The summed E-state index contributed by atoms with van der Waals surface area (Å²) in [7, 11) is 2.01. The molecule has 1 saturated carbocycles. The van der Waals surface area contributed by atoms with Crippen LogP contribution < -0.4 is 5.32 Å². The Labute approximate surface area is 125 Å². The van der Waals surface area contributed by atoms with Gasteiger partial charge in [0.05, 0.1) is 6.54 Å². The quantitative estimate of drug-likeness (QED) is 0.864. The van der Waals surface area contributed by atoms with E-state index < -0.39 is 12.7 Å². The molecule has 6 heteroatoms. The van der Waals surface area contributed by atoms with Gasteiger partial charge in [-0.15, -0.1) is 0 Å². The van der Waals surface area contributed by atoms with E-state index in [2.05, 4.69) is 10.2 Å². The summed E-state index contributed by atoms with van der Waals surface area (Å²) < 4.78 is 37.3. The summed E-state index contributed by atoms with van der Waals surface area (Å²) in [6, 6.07) is 0.975. The summed E-state index contributed by atoms with van der Waals surface area (Å²) in [6.45, 7) is 1.83. The van der Waals surface area contributed by atoms with Crippen molar-refractivity contribution in [3.05, 3.63) is 0 Å². The fourth-order valence-corrected chi connectivity index (χ4v) is 3.75. The van der Waals surface area contributed by atoms with E-state index in [1.54, 1.807) is 0 Å². The molecule has 0 bridgehead atoms. The zero-order chi connectivity index (χ0) is 15.3. The molecule has 1 aliphatic carbocycles. The Morgan fingerprint density at radius 3 is 2.14 bits per heavy atom. The lowest BCUT2D eigenvalue weighted by molar-refractivity contribution is -0.150. The van der Waals surface area contributed by atoms with Gasteiger partial charge in [-0.25, -0.2) is 0 Å². The summed E-state index contributed by atoms with van der Waals surface area (Å²) in [6.07, 6.45) is 3.39. The zero-order valence-electron chi connectivity index (χ0n) is 13.0. The van der Waals surface area contributed by atoms with Crippen LogP contribution in [0.2, 0.25) is 0 Å². The van der Waals surface area contributed by atoms with E-state index in [4.69, 9.17) is 0 Å². The van der Waals surface area contributed by atoms with Crippen LogP contribution in [0.25, 0.3) is 0 Å². The van der Waals surface area contributed by atoms with Crippen molar-refractivity contribution in [2.45, 2.75) is 56.8 Å². The standard InChI is InChI=1S/C15H28F3N3/c1-19-13-6-4-2-3-5-7-14(13)21-10-8-20(9-11-21)12-15(16,17)18/h13-14,19H,2-12H2,1H3. The first-order valence-corrected chi connectivity index (χ1v) is 8.20. The number of nitrogens with one attached hydrogen (secondary N) is 1. The zero-order valence-corrected chi connectivity index (χ0v) is 13.0. The number of rotatable bonds is 3. The number of hydrogen-bond acceptors (Lipinski definition) is 3. The van der Waals surface area contributed by atoms with Crippen molar-refractivity contribution in [1.82, 2.24) is 15.1 Å². The number of nitrogens with zero attached hydrogens (tertiary/aromatic N) is 2. The van der Waals surface area contributed by atoms with E-state index in [1.165, 1.54) is 43.4 Å². The van der Waals surface area contributed by atoms with Crippen LogP contribution in [0.3, 0.4) is 0 Å². The molecule has 1 aliphatic heterocycles. The summed E-state index contributed by atoms with van der Waals surface area (Å²) >= 11 is 0. The molecule has 2 atom stereocenters. The van der Waals surface area contributed by atoms with Crippen LogP contribution in [0.1, 0.15) is 38.5 Å². The molecule has 2 aliphatic rings. The van der Waals surface area contributed by atoms with Crippen molar-refractivity contribution in [3.8, 4) is 0 Å². The molecular weight excluding hydrogens is 279 g/mol. The normalized spacial score (nSPS) is 30.9. The molecule has 3 nitrogen and oxygen atoms in total. The molecule has 0 radical (unpaired) electrons. The van der Waals surface area contributed by atoms with Gasteiger partial charge in [0.2, 0.25) is 0 Å². The van der Waals surface area contributed by atoms with Crippen LogP contribution in [0.5, 0.6) is 0 Å². The number of alkyl halides is 3. The minimum atomic E-state index is -4.07. The maximum Gasteiger partial charge on any atom is 0.401 e. The third-order valence-corrected chi connectivity index (χ3v) is 4.88. The van der Waals surface area contributed by atoms with E-state index in [9.17, 15) is 13.2 Å². The second-order valence-electron chi connectivity index (χ2n) is 6.38. The van der Waals surface area contributed by atoms with E-state index in [0.29, 0.717) is 25.2 Å². The van der Waals surface area contributed by atoms with Gasteiger partial charge in [0.15, 0.2) is 0 Å². The third-order valence-electron chi connectivity index (χ3n) is 4.88. The van der Waals surface area contributed by atoms with Crippen molar-refractivity contribution in [2.75, 3.05) is 39.8 Å². The van der Waals surface area contributed by atoms with Gasteiger partial charge in [-0.05, 0) is 19.9 Å². The molecule has 21 heavy (non-hydrogen) atoms. The molecule has 2 fully saturated rings. The lowest BCUT2D eigenvalue weighted by atomic mass is 9.91. The second-order valence-corrected chi connectivity index (χ2v) is 6.38. The molecule has 0 aromatic rings. The monoisotopic (exact) mass is 307 g/mol. The largest absolute Gasteiger partial charge is 0.401 e. The highest BCUT2D eigenvalue weighted by Crippen LogP contribution is 2.24. The van der Waals surface area contributed by atoms with Gasteiger partial charge in [-0.3, -0.25) is 9.80 Å². The smallest absolute Gasteiger partial charge is 0.315 e. The summed E-state index contributed by atoms with van der Waals surface area (Å²) in [5, 5.41) is 3.43. The highest BCUT2D eigenvalue weighted by Gasteiger charge is 2.34. The summed E-state index contributed by atoms with van der Waals surface area (Å²) in [5.74, 6) is 0. The predicted molar refractivity (Wildman–Crippen MR) is 78.4 cm³/mol. The molecule has 0 amide bonds. The van der Waals surface area contributed by atoms with E-state index in [1.807, 2.05) is 7.05 Å². The third kappa shape index (κ3) is 5.42. The molecule has 2 rings (SSSR count). The lowest BCUT2D eigenvalue weighted by Crippen LogP contribution is -2.57. The fourth-order valence-electron chi connectivity index (χ4n) is 3.75. The minimum Gasteiger partial charge on any atom is -0.315 e. The van der Waals surface area contributed by atoms with E-state index in [-0.39, 0.29) is 0 Å². The molecule has 1 heterocycles. The molecule has 2 unspecified atom stereocenters. The Morgan fingerprint density at radius 1 is 0.952 bits per heavy atom. The molecule has 1 N–H and O–H groups in total. The van der Waals surface area contributed by atoms with Gasteiger partial charge >= 0.3 is 6.18 Å². The first-order chi connectivity index (χ1) is 9.99. The van der Waals surface area contributed by atoms with Crippen molar-refractivity contribution in [2.24, 2.45) is 0 Å². The van der Waals surface area contributed by atoms with E-state index in [0.717, 1.165) is 13.1 Å².